The number of amides is 1. The number of ether oxygens (including phenoxy) is 2. The largest absolute Gasteiger partial charge is 0.444 e. The van der Waals surface area contributed by atoms with Crippen molar-refractivity contribution < 1.29 is 19.4 Å². The highest BCUT2D eigenvalue weighted by atomic mass is 16.6. The molecule has 5 heteroatoms. The summed E-state index contributed by atoms with van der Waals surface area (Å²) in [5.41, 5.74) is 0.601. The average Bonchev–Trinajstić information content (AvgIpc) is 3.06. The van der Waals surface area contributed by atoms with E-state index in [4.69, 9.17) is 9.47 Å². The molecule has 0 saturated carbocycles. The van der Waals surface area contributed by atoms with Crippen molar-refractivity contribution in [1.29, 1.82) is 0 Å². The van der Waals surface area contributed by atoms with Gasteiger partial charge in [0.2, 0.25) is 0 Å². The lowest BCUT2D eigenvalue weighted by Crippen LogP contribution is -2.40. The molecule has 3 rings (SSSR count). The summed E-state index contributed by atoms with van der Waals surface area (Å²) in [7, 11) is 0. The molecule has 0 unspecified atom stereocenters. The third-order valence-corrected chi connectivity index (χ3v) is 5.00. The smallest absolute Gasteiger partial charge is 0.410 e. The van der Waals surface area contributed by atoms with Gasteiger partial charge in [0.05, 0.1) is 19.3 Å². The molecule has 0 spiro atoms. The summed E-state index contributed by atoms with van der Waals surface area (Å²) in [5.74, 6) is 0. The van der Waals surface area contributed by atoms with Gasteiger partial charge in [0.1, 0.15) is 5.60 Å². The molecule has 2 atom stereocenters. The zero-order valence-corrected chi connectivity index (χ0v) is 17.1. The number of hydrogen-bond acceptors (Lipinski definition) is 4. The maximum atomic E-state index is 12.6. The number of benzene rings is 2. The Balaban J connectivity index is 1.62. The molecule has 0 aromatic heterocycles. The molecule has 1 fully saturated rings. The minimum absolute atomic E-state index is 0.0253. The molecule has 28 heavy (non-hydrogen) atoms. The Hall–Kier alpha value is -2.11. The minimum Gasteiger partial charge on any atom is -0.444 e. The lowest BCUT2D eigenvalue weighted by molar-refractivity contribution is 0.0144. The fourth-order valence-corrected chi connectivity index (χ4v) is 3.68. The predicted molar refractivity (Wildman–Crippen MR) is 110 cm³/mol. The van der Waals surface area contributed by atoms with E-state index in [1.165, 1.54) is 10.8 Å². The van der Waals surface area contributed by atoms with E-state index in [1.54, 1.807) is 4.90 Å². The number of aliphatic hydroxyl groups is 1. The summed E-state index contributed by atoms with van der Waals surface area (Å²) in [6.45, 7) is 6.79. The number of hydrogen-bond donors (Lipinski definition) is 1. The van der Waals surface area contributed by atoms with Crippen LogP contribution >= 0.6 is 0 Å². The van der Waals surface area contributed by atoms with Crippen molar-refractivity contribution >= 4 is 16.9 Å². The Morgan fingerprint density at radius 3 is 2.64 bits per heavy atom. The van der Waals surface area contributed by atoms with E-state index in [0.29, 0.717) is 19.6 Å². The summed E-state index contributed by atoms with van der Waals surface area (Å²) < 4.78 is 11.7. The van der Waals surface area contributed by atoms with Crippen LogP contribution in [-0.4, -0.2) is 47.0 Å². The van der Waals surface area contributed by atoms with Gasteiger partial charge in [0.25, 0.3) is 0 Å². The monoisotopic (exact) mass is 385 g/mol. The fraction of sp³-hybridized carbons (Fsp3) is 0.522. The van der Waals surface area contributed by atoms with E-state index < -0.39 is 5.60 Å². The molecule has 1 saturated heterocycles. The van der Waals surface area contributed by atoms with Crippen LogP contribution in [0.5, 0.6) is 0 Å². The van der Waals surface area contributed by atoms with Gasteiger partial charge in [-0.05, 0) is 62.4 Å². The zero-order chi connectivity index (χ0) is 20.1. The zero-order valence-electron chi connectivity index (χ0n) is 17.1. The number of likely N-dealkylation sites (tertiary alicyclic amines) is 1. The standard InChI is InChI=1S/C23H31NO4/c1-23(2,3)28-22(26)24-15-21(14-20(24)9-6-12-25)27-16-17-10-11-18-7-4-5-8-19(18)13-17/h4-5,7-8,10-11,13,20-21,25H,6,9,12,14-16H2,1-3H3/t20-,21-/m1/s1. The van der Waals surface area contributed by atoms with Crippen molar-refractivity contribution in [3.05, 3.63) is 48.0 Å². The van der Waals surface area contributed by atoms with Crippen LogP contribution in [-0.2, 0) is 16.1 Å². The quantitative estimate of drug-likeness (QED) is 0.795. The van der Waals surface area contributed by atoms with E-state index in [9.17, 15) is 9.90 Å². The third-order valence-electron chi connectivity index (χ3n) is 5.00. The van der Waals surface area contributed by atoms with Crippen LogP contribution in [0.4, 0.5) is 4.79 Å². The van der Waals surface area contributed by atoms with Crippen LogP contribution in [0, 0.1) is 0 Å². The number of fused-ring (bicyclic) bond motifs is 1. The second kappa shape index (κ2) is 8.93. The van der Waals surface area contributed by atoms with Crippen LogP contribution in [0.1, 0.15) is 45.6 Å². The Morgan fingerprint density at radius 2 is 1.93 bits per heavy atom. The molecule has 152 valence electrons. The van der Waals surface area contributed by atoms with Gasteiger partial charge in [-0.25, -0.2) is 4.79 Å². The molecule has 0 radical (unpaired) electrons. The van der Waals surface area contributed by atoms with Gasteiger partial charge in [-0.1, -0.05) is 36.4 Å². The highest BCUT2D eigenvalue weighted by Crippen LogP contribution is 2.27. The SMILES string of the molecule is CC(C)(C)OC(=O)N1C[C@H](OCc2ccc3ccccc3c2)C[C@H]1CCCO. The minimum atomic E-state index is -0.525. The van der Waals surface area contributed by atoms with Gasteiger partial charge in [-0.3, -0.25) is 0 Å². The average molecular weight is 386 g/mol. The van der Waals surface area contributed by atoms with Crippen LogP contribution in [0.2, 0.25) is 0 Å². The van der Waals surface area contributed by atoms with Crippen molar-refractivity contribution in [2.45, 2.75) is 64.4 Å². The molecule has 1 heterocycles. The maximum absolute atomic E-state index is 12.6. The molecule has 2 aromatic rings. The molecular weight excluding hydrogens is 354 g/mol. The molecule has 1 amide bonds. The van der Waals surface area contributed by atoms with Gasteiger partial charge < -0.3 is 19.5 Å². The normalized spacial score (nSPS) is 19.9. The van der Waals surface area contributed by atoms with E-state index in [0.717, 1.165) is 18.4 Å². The van der Waals surface area contributed by atoms with Crippen LogP contribution in [0.25, 0.3) is 10.8 Å². The van der Waals surface area contributed by atoms with Crippen molar-refractivity contribution in [3.8, 4) is 0 Å². The van der Waals surface area contributed by atoms with E-state index >= 15 is 0 Å². The summed E-state index contributed by atoms with van der Waals surface area (Å²) in [5, 5.41) is 11.6. The number of carbonyl (C=O) groups is 1. The molecule has 0 bridgehead atoms. The van der Waals surface area contributed by atoms with Crippen molar-refractivity contribution in [2.24, 2.45) is 0 Å². The molecule has 5 nitrogen and oxygen atoms in total. The first kappa shape index (κ1) is 20.6. The molecule has 1 aliphatic rings. The Morgan fingerprint density at radius 1 is 1.18 bits per heavy atom. The Labute approximate surface area is 167 Å². The maximum Gasteiger partial charge on any atom is 0.410 e. The second-order valence-electron chi connectivity index (χ2n) is 8.50. The topological polar surface area (TPSA) is 59.0 Å². The van der Waals surface area contributed by atoms with Crippen LogP contribution < -0.4 is 0 Å². The summed E-state index contributed by atoms with van der Waals surface area (Å²) in [6, 6.07) is 14.7. The third kappa shape index (κ3) is 5.46. The first-order chi connectivity index (χ1) is 13.4. The van der Waals surface area contributed by atoms with Crippen LogP contribution in [0.3, 0.4) is 0 Å². The van der Waals surface area contributed by atoms with Crippen LogP contribution in [0.15, 0.2) is 42.5 Å². The number of aliphatic hydroxyl groups excluding tert-OH is 1. The summed E-state index contributed by atoms with van der Waals surface area (Å²) in [6.07, 6.45) is 1.87. The van der Waals surface area contributed by atoms with Crippen molar-refractivity contribution in [1.82, 2.24) is 4.90 Å². The molecule has 1 N–H and O–H groups in total. The number of rotatable bonds is 6. The molecule has 0 aliphatic carbocycles. The van der Waals surface area contributed by atoms with Crippen molar-refractivity contribution in [2.75, 3.05) is 13.2 Å². The molecule has 1 aliphatic heterocycles. The first-order valence-corrected chi connectivity index (χ1v) is 10.1. The lowest BCUT2D eigenvalue weighted by atomic mass is 10.1. The number of carbonyl (C=O) groups excluding carboxylic acids is 1. The highest BCUT2D eigenvalue weighted by molar-refractivity contribution is 5.82. The Bertz CT molecular complexity index is 799. The summed E-state index contributed by atoms with van der Waals surface area (Å²) >= 11 is 0. The summed E-state index contributed by atoms with van der Waals surface area (Å²) in [4.78, 5) is 14.4. The lowest BCUT2D eigenvalue weighted by Gasteiger charge is -2.28. The molecular formula is C23H31NO4. The van der Waals surface area contributed by atoms with Gasteiger partial charge >= 0.3 is 6.09 Å². The number of nitrogens with zero attached hydrogens (tertiary/aromatic N) is 1. The predicted octanol–water partition coefficient (Wildman–Crippen LogP) is 4.51. The highest BCUT2D eigenvalue weighted by Gasteiger charge is 2.37. The van der Waals surface area contributed by atoms with E-state index in [1.807, 2.05) is 32.9 Å². The van der Waals surface area contributed by atoms with Crippen molar-refractivity contribution in [3.63, 3.8) is 0 Å². The second-order valence-corrected chi connectivity index (χ2v) is 8.50. The van der Waals surface area contributed by atoms with Gasteiger partial charge in [-0.15, -0.1) is 0 Å². The van der Waals surface area contributed by atoms with E-state index in [2.05, 4.69) is 30.3 Å². The van der Waals surface area contributed by atoms with E-state index in [-0.39, 0.29) is 24.8 Å². The fourth-order valence-electron chi connectivity index (χ4n) is 3.68. The Kier molecular flexibility index (Phi) is 6.57. The first-order valence-electron chi connectivity index (χ1n) is 10.1. The van der Waals surface area contributed by atoms with Gasteiger partial charge in [0.15, 0.2) is 0 Å². The molecule has 2 aromatic carbocycles. The van der Waals surface area contributed by atoms with Gasteiger partial charge in [-0.2, -0.15) is 0 Å². The van der Waals surface area contributed by atoms with Gasteiger partial charge in [0, 0.05) is 12.6 Å².